The van der Waals surface area contributed by atoms with Gasteiger partial charge >= 0.3 is 0 Å². The maximum absolute atomic E-state index is 4.39. The zero-order valence-corrected chi connectivity index (χ0v) is 11.3. The molecule has 0 aliphatic carbocycles. The van der Waals surface area contributed by atoms with E-state index in [1.54, 1.807) is 0 Å². The molecule has 0 aliphatic rings. The number of nitrogens with zero attached hydrogens (tertiary/aromatic N) is 4. The van der Waals surface area contributed by atoms with Gasteiger partial charge in [0, 0.05) is 45.5 Å². The van der Waals surface area contributed by atoms with Crippen LogP contribution >= 0.6 is 0 Å². The van der Waals surface area contributed by atoms with Crippen LogP contribution in [0.15, 0.2) is 18.6 Å². The Morgan fingerprint density at radius 2 is 2.22 bits per heavy atom. The van der Waals surface area contributed by atoms with E-state index >= 15 is 0 Å². The first-order chi connectivity index (χ1) is 8.59. The zero-order chi connectivity index (χ0) is 13.1. The van der Waals surface area contributed by atoms with Crippen molar-refractivity contribution < 1.29 is 0 Å². The molecule has 6 heteroatoms. The number of anilines is 1. The Hall–Kier alpha value is -1.82. The summed E-state index contributed by atoms with van der Waals surface area (Å²) in [5, 5.41) is 10.2. The molecule has 0 spiro atoms. The number of imidazole rings is 1. The van der Waals surface area contributed by atoms with Gasteiger partial charge in [-0.05, 0) is 6.92 Å². The van der Waals surface area contributed by atoms with Crippen molar-refractivity contribution in [3.05, 3.63) is 29.8 Å². The molecular weight excluding hydrogens is 228 g/mol. The average molecular weight is 248 g/mol. The van der Waals surface area contributed by atoms with Crippen LogP contribution in [0, 0.1) is 0 Å². The molecule has 2 heterocycles. The molecule has 0 amide bonds. The molecule has 0 saturated carbocycles. The van der Waals surface area contributed by atoms with Crippen LogP contribution in [0.4, 0.5) is 5.95 Å². The van der Waals surface area contributed by atoms with Gasteiger partial charge in [0.2, 0.25) is 5.95 Å². The second kappa shape index (κ2) is 5.22. The third-order valence-corrected chi connectivity index (χ3v) is 3.07. The minimum atomic E-state index is 0.265. The molecule has 98 valence electrons. The van der Waals surface area contributed by atoms with Gasteiger partial charge in [-0.2, -0.15) is 5.10 Å². The van der Waals surface area contributed by atoms with E-state index in [0.717, 1.165) is 23.8 Å². The van der Waals surface area contributed by atoms with E-state index in [1.165, 1.54) is 0 Å². The minimum Gasteiger partial charge on any atom is -0.348 e. The van der Waals surface area contributed by atoms with E-state index in [1.807, 2.05) is 44.6 Å². The zero-order valence-electron chi connectivity index (χ0n) is 11.3. The summed E-state index contributed by atoms with van der Waals surface area (Å²) in [7, 11) is 6.02. The Balaban J connectivity index is 1.98. The van der Waals surface area contributed by atoms with Crippen molar-refractivity contribution in [2.24, 2.45) is 7.05 Å². The van der Waals surface area contributed by atoms with Gasteiger partial charge in [-0.3, -0.25) is 5.10 Å². The Morgan fingerprint density at radius 1 is 1.44 bits per heavy atom. The molecule has 18 heavy (non-hydrogen) atoms. The van der Waals surface area contributed by atoms with Crippen LogP contribution in [0.2, 0.25) is 0 Å². The Bertz CT molecular complexity index is 485. The summed E-state index contributed by atoms with van der Waals surface area (Å²) in [6, 6.07) is 0.265. The largest absolute Gasteiger partial charge is 0.348 e. The number of hydrogen-bond acceptors (Lipinski definition) is 4. The van der Waals surface area contributed by atoms with E-state index in [2.05, 4.69) is 32.0 Å². The molecule has 6 nitrogen and oxygen atoms in total. The summed E-state index contributed by atoms with van der Waals surface area (Å²) < 4.78 is 2.09. The topological polar surface area (TPSA) is 61.8 Å². The molecule has 2 rings (SSSR count). The first-order valence-corrected chi connectivity index (χ1v) is 5.99. The average Bonchev–Trinajstić information content (AvgIpc) is 2.95. The van der Waals surface area contributed by atoms with Crippen LogP contribution in [0.3, 0.4) is 0 Å². The van der Waals surface area contributed by atoms with Gasteiger partial charge < -0.3 is 14.8 Å². The van der Waals surface area contributed by atoms with Crippen molar-refractivity contribution in [2.45, 2.75) is 19.5 Å². The van der Waals surface area contributed by atoms with Crippen molar-refractivity contribution >= 4 is 5.95 Å². The highest BCUT2D eigenvalue weighted by molar-refractivity contribution is 5.31. The molecule has 2 aromatic heterocycles. The fraction of sp³-hybridized carbons (Fsp3) is 0.500. The highest BCUT2D eigenvalue weighted by atomic mass is 15.3. The standard InChI is InChI=1S/C12H20N6/c1-9(10-5-15-16-6-10)13-7-11-8-14-12(17(2)3)18(11)4/h5-6,8-9,13H,7H2,1-4H3,(H,15,16). The lowest BCUT2D eigenvalue weighted by atomic mass is 10.2. The molecule has 2 N–H and O–H groups in total. The van der Waals surface area contributed by atoms with Crippen LogP contribution in [0.5, 0.6) is 0 Å². The lowest BCUT2D eigenvalue weighted by Crippen LogP contribution is -2.20. The van der Waals surface area contributed by atoms with E-state index in [9.17, 15) is 0 Å². The maximum Gasteiger partial charge on any atom is 0.204 e. The van der Waals surface area contributed by atoms with E-state index in [4.69, 9.17) is 0 Å². The van der Waals surface area contributed by atoms with Crippen LogP contribution in [-0.4, -0.2) is 33.8 Å². The van der Waals surface area contributed by atoms with Crippen LogP contribution in [-0.2, 0) is 13.6 Å². The smallest absolute Gasteiger partial charge is 0.204 e. The normalized spacial score (nSPS) is 12.7. The molecule has 0 saturated heterocycles. The van der Waals surface area contributed by atoms with Crippen molar-refractivity contribution in [1.29, 1.82) is 0 Å². The Kier molecular flexibility index (Phi) is 3.66. The number of nitrogens with one attached hydrogen (secondary N) is 2. The third kappa shape index (κ3) is 2.53. The molecule has 0 aliphatic heterocycles. The molecule has 1 unspecified atom stereocenters. The summed E-state index contributed by atoms with van der Waals surface area (Å²) in [5.74, 6) is 0.961. The summed E-state index contributed by atoms with van der Waals surface area (Å²) in [5.41, 5.74) is 2.32. The summed E-state index contributed by atoms with van der Waals surface area (Å²) in [6.45, 7) is 2.90. The fourth-order valence-corrected chi connectivity index (χ4v) is 1.89. The molecule has 0 aromatic carbocycles. The lowest BCUT2D eigenvalue weighted by molar-refractivity contribution is 0.558. The summed E-state index contributed by atoms with van der Waals surface area (Å²) in [4.78, 5) is 6.39. The van der Waals surface area contributed by atoms with E-state index in [-0.39, 0.29) is 6.04 Å². The van der Waals surface area contributed by atoms with Crippen molar-refractivity contribution in [2.75, 3.05) is 19.0 Å². The van der Waals surface area contributed by atoms with Gasteiger partial charge in [0.25, 0.3) is 0 Å². The van der Waals surface area contributed by atoms with Gasteiger partial charge in [-0.25, -0.2) is 4.98 Å². The van der Waals surface area contributed by atoms with Crippen molar-refractivity contribution in [3.63, 3.8) is 0 Å². The summed E-state index contributed by atoms with van der Waals surface area (Å²) in [6.07, 6.45) is 5.66. The van der Waals surface area contributed by atoms with E-state index < -0.39 is 0 Å². The predicted molar refractivity (Wildman–Crippen MR) is 71.4 cm³/mol. The highest BCUT2D eigenvalue weighted by Gasteiger charge is 2.10. The van der Waals surface area contributed by atoms with Crippen molar-refractivity contribution in [1.82, 2.24) is 25.1 Å². The number of aromatic amines is 1. The molecule has 1 atom stereocenters. The third-order valence-electron chi connectivity index (χ3n) is 3.07. The first kappa shape index (κ1) is 12.6. The van der Waals surface area contributed by atoms with Gasteiger partial charge in [0.05, 0.1) is 18.1 Å². The number of hydrogen-bond donors (Lipinski definition) is 2. The Labute approximate surface area is 107 Å². The number of H-pyrrole nitrogens is 1. The SMILES string of the molecule is CC(NCc1cnc(N(C)C)n1C)c1cn[nH]c1. The molecule has 0 fully saturated rings. The van der Waals surface area contributed by atoms with Crippen LogP contribution in [0.25, 0.3) is 0 Å². The second-order valence-corrected chi connectivity index (χ2v) is 4.64. The quantitative estimate of drug-likeness (QED) is 0.830. The van der Waals surface area contributed by atoms with Gasteiger partial charge in [-0.15, -0.1) is 0 Å². The number of rotatable bonds is 5. The van der Waals surface area contributed by atoms with E-state index in [0.29, 0.717) is 0 Å². The van der Waals surface area contributed by atoms with Gasteiger partial charge in [0.15, 0.2) is 0 Å². The lowest BCUT2D eigenvalue weighted by Gasteiger charge is -2.14. The molecule has 0 bridgehead atoms. The van der Waals surface area contributed by atoms with Gasteiger partial charge in [-0.1, -0.05) is 0 Å². The molecule has 2 aromatic rings. The van der Waals surface area contributed by atoms with Crippen LogP contribution < -0.4 is 10.2 Å². The minimum absolute atomic E-state index is 0.265. The number of aromatic nitrogens is 4. The Morgan fingerprint density at radius 3 is 2.78 bits per heavy atom. The highest BCUT2D eigenvalue weighted by Crippen LogP contribution is 2.13. The van der Waals surface area contributed by atoms with Gasteiger partial charge in [0.1, 0.15) is 0 Å². The predicted octanol–water partition coefficient (Wildman–Crippen LogP) is 1.06. The molecule has 0 radical (unpaired) electrons. The fourth-order valence-electron chi connectivity index (χ4n) is 1.89. The summed E-state index contributed by atoms with van der Waals surface area (Å²) >= 11 is 0. The monoisotopic (exact) mass is 248 g/mol. The van der Waals surface area contributed by atoms with Crippen LogP contribution in [0.1, 0.15) is 24.2 Å². The second-order valence-electron chi connectivity index (χ2n) is 4.64. The first-order valence-electron chi connectivity index (χ1n) is 5.99. The maximum atomic E-state index is 4.39. The van der Waals surface area contributed by atoms with Crippen molar-refractivity contribution in [3.8, 4) is 0 Å². The molecular formula is C12H20N6.